The van der Waals surface area contributed by atoms with E-state index in [1.54, 1.807) is 0 Å². The van der Waals surface area contributed by atoms with Crippen LogP contribution in [0.2, 0.25) is 0 Å². The molecule has 2 nitrogen and oxygen atoms in total. The van der Waals surface area contributed by atoms with Crippen molar-refractivity contribution in [1.82, 2.24) is 10.2 Å². The zero-order chi connectivity index (χ0) is 13.8. The molecule has 1 unspecified atom stereocenters. The molecule has 0 bridgehead atoms. The van der Waals surface area contributed by atoms with Gasteiger partial charge in [0.05, 0.1) is 0 Å². The Morgan fingerprint density at radius 3 is 2.65 bits per heavy atom. The third kappa shape index (κ3) is 3.24. The van der Waals surface area contributed by atoms with Gasteiger partial charge in [-0.2, -0.15) is 0 Å². The quantitative estimate of drug-likeness (QED) is 0.909. The lowest BCUT2D eigenvalue weighted by Gasteiger charge is -2.49. The minimum atomic E-state index is 0.432. The standard InChI is InChI=1S/C18H28N2/c1-16-14-19-18(11-6-3-7-12-18)15-20(16)13-10-17-8-4-2-5-9-17/h2,4-5,8-9,16,19H,3,6-7,10-15H2,1H3. The van der Waals surface area contributed by atoms with E-state index < -0.39 is 0 Å². The molecule has 1 atom stereocenters. The fourth-order valence-electron chi connectivity index (χ4n) is 3.87. The normalized spacial score (nSPS) is 26.8. The van der Waals surface area contributed by atoms with Gasteiger partial charge in [0, 0.05) is 31.2 Å². The van der Waals surface area contributed by atoms with Gasteiger partial charge in [-0.25, -0.2) is 0 Å². The highest BCUT2D eigenvalue weighted by molar-refractivity contribution is 5.15. The fraction of sp³-hybridized carbons (Fsp3) is 0.667. The molecule has 1 aromatic carbocycles. The van der Waals surface area contributed by atoms with Gasteiger partial charge >= 0.3 is 0 Å². The first kappa shape index (κ1) is 14.1. The number of hydrogen-bond donors (Lipinski definition) is 1. The maximum atomic E-state index is 3.87. The maximum Gasteiger partial charge on any atom is 0.0309 e. The Morgan fingerprint density at radius 1 is 1.15 bits per heavy atom. The van der Waals surface area contributed by atoms with Crippen LogP contribution in [0.3, 0.4) is 0 Å². The first-order valence-corrected chi connectivity index (χ1v) is 8.30. The lowest BCUT2D eigenvalue weighted by Crippen LogP contribution is -2.64. The molecule has 1 aromatic rings. The van der Waals surface area contributed by atoms with E-state index in [0.29, 0.717) is 11.6 Å². The summed E-state index contributed by atoms with van der Waals surface area (Å²) in [6.45, 7) is 5.98. The topological polar surface area (TPSA) is 15.3 Å². The van der Waals surface area contributed by atoms with E-state index in [4.69, 9.17) is 0 Å². The van der Waals surface area contributed by atoms with Crippen LogP contribution in [0.1, 0.15) is 44.6 Å². The van der Waals surface area contributed by atoms with E-state index in [-0.39, 0.29) is 0 Å². The largest absolute Gasteiger partial charge is 0.308 e. The van der Waals surface area contributed by atoms with E-state index in [2.05, 4.69) is 47.5 Å². The molecule has 1 aliphatic heterocycles. The zero-order valence-electron chi connectivity index (χ0n) is 12.8. The highest BCUT2D eigenvalue weighted by Gasteiger charge is 2.38. The summed E-state index contributed by atoms with van der Waals surface area (Å²) in [6.07, 6.45) is 8.19. The van der Waals surface area contributed by atoms with Crippen molar-refractivity contribution in [3.05, 3.63) is 35.9 Å². The summed E-state index contributed by atoms with van der Waals surface area (Å²) in [5.74, 6) is 0. The van der Waals surface area contributed by atoms with Gasteiger partial charge in [-0.15, -0.1) is 0 Å². The third-order valence-electron chi connectivity index (χ3n) is 5.24. The van der Waals surface area contributed by atoms with Crippen molar-refractivity contribution in [2.45, 2.75) is 57.0 Å². The lowest BCUT2D eigenvalue weighted by atomic mass is 9.79. The lowest BCUT2D eigenvalue weighted by molar-refractivity contribution is 0.0637. The third-order valence-corrected chi connectivity index (χ3v) is 5.24. The Bertz CT molecular complexity index is 409. The van der Waals surface area contributed by atoms with Gasteiger partial charge in [-0.05, 0) is 31.7 Å². The van der Waals surface area contributed by atoms with Crippen LogP contribution in [0.25, 0.3) is 0 Å². The summed E-state index contributed by atoms with van der Waals surface area (Å²) in [4.78, 5) is 2.72. The number of hydrogen-bond acceptors (Lipinski definition) is 2. The SMILES string of the molecule is CC1CNC2(CCCCC2)CN1CCc1ccccc1. The maximum absolute atomic E-state index is 3.87. The number of nitrogens with zero attached hydrogens (tertiary/aromatic N) is 1. The zero-order valence-corrected chi connectivity index (χ0v) is 12.8. The predicted molar refractivity (Wildman–Crippen MR) is 85.0 cm³/mol. The van der Waals surface area contributed by atoms with Crippen LogP contribution in [0, 0.1) is 0 Å². The van der Waals surface area contributed by atoms with Crippen molar-refractivity contribution in [3.8, 4) is 0 Å². The molecular weight excluding hydrogens is 244 g/mol. The Kier molecular flexibility index (Phi) is 4.42. The Morgan fingerprint density at radius 2 is 1.90 bits per heavy atom. The van der Waals surface area contributed by atoms with Crippen LogP contribution in [-0.2, 0) is 6.42 Å². The summed E-state index contributed by atoms with van der Waals surface area (Å²) < 4.78 is 0. The first-order valence-electron chi connectivity index (χ1n) is 8.30. The molecule has 110 valence electrons. The van der Waals surface area contributed by atoms with Crippen LogP contribution in [0.5, 0.6) is 0 Å². The molecule has 1 N–H and O–H groups in total. The van der Waals surface area contributed by atoms with Gasteiger partial charge in [-0.1, -0.05) is 49.6 Å². The number of nitrogens with one attached hydrogen (secondary N) is 1. The summed E-state index contributed by atoms with van der Waals surface area (Å²) in [5.41, 5.74) is 1.90. The molecule has 2 fully saturated rings. The molecule has 0 amide bonds. The average molecular weight is 272 g/mol. The molecule has 1 saturated carbocycles. The molecule has 0 aromatic heterocycles. The average Bonchev–Trinajstić information content (AvgIpc) is 2.50. The molecule has 0 radical (unpaired) electrons. The van der Waals surface area contributed by atoms with Crippen LogP contribution in [0.4, 0.5) is 0 Å². The summed E-state index contributed by atoms with van der Waals surface area (Å²) >= 11 is 0. The molecule has 1 heterocycles. The van der Waals surface area contributed by atoms with E-state index >= 15 is 0 Å². The fourth-order valence-corrected chi connectivity index (χ4v) is 3.87. The number of rotatable bonds is 3. The van der Waals surface area contributed by atoms with Crippen LogP contribution in [0.15, 0.2) is 30.3 Å². The molecule has 3 rings (SSSR count). The number of benzene rings is 1. The van der Waals surface area contributed by atoms with E-state index in [1.807, 2.05) is 0 Å². The van der Waals surface area contributed by atoms with Crippen LogP contribution < -0.4 is 5.32 Å². The highest BCUT2D eigenvalue weighted by atomic mass is 15.2. The van der Waals surface area contributed by atoms with Crippen molar-refractivity contribution in [3.63, 3.8) is 0 Å². The number of piperazine rings is 1. The molecule has 1 saturated heterocycles. The molecule has 20 heavy (non-hydrogen) atoms. The van der Waals surface area contributed by atoms with Crippen LogP contribution >= 0.6 is 0 Å². The monoisotopic (exact) mass is 272 g/mol. The van der Waals surface area contributed by atoms with Gasteiger partial charge in [0.1, 0.15) is 0 Å². The molecular formula is C18H28N2. The summed E-state index contributed by atoms with van der Waals surface area (Å²) in [7, 11) is 0. The molecule has 2 aliphatic rings. The van der Waals surface area contributed by atoms with Gasteiger partial charge in [0.15, 0.2) is 0 Å². The van der Waals surface area contributed by atoms with Gasteiger partial charge in [0.2, 0.25) is 0 Å². The van der Waals surface area contributed by atoms with Gasteiger partial charge in [0.25, 0.3) is 0 Å². The summed E-state index contributed by atoms with van der Waals surface area (Å²) in [6, 6.07) is 11.6. The van der Waals surface area contributed by atoms with Crippen LogP contribution in [-0.4, -0.2) is 36.1 Å². The minimum absolute atomic E-state index is 0.432. The van der Waals surface area contributed by atoms with E-state index in [1.165, 1.54) is 57.2 Å². The van der Waals surface area contributed by atoms with Gasteiger partial charge in [-0.3, -0.25) is 4.90 Å². The van der Waals surface area contributed by atoms with Crippen molar-refractivity contribution < 1.29 is 0 Å². The molecule has 1 aliphatic carbocycles. The Balaban J connectivity index is 1.59. The minimum Gasteiger partial charge on any atom is -0.308 e. The van der Waals surface area contributed by atoms with Crippen molar-refractivity contribution in [2.75, 3.05) is 19.6 Å². The van der Waals surface area contributed by atoms with E-state index in [9.17, 15) is 0 Å². The first-order chi connectivity index (χ1) is 9.77. The van der Waals surface area contributed by atoms with Crippen molar-refractivity contribution >= 4 is 0 Å². The second-order valence-electron chi connectivity index (χ2n) is 6.78. The molecule has 2 heteroatoms. The Labute approximate surface area is 123 Å². The van der Waals surface area contributed by atoms with E-state index in [0.717, 1.165) is 6.54 Å². The summed E-state index contributed by atoms with van der Waals surface area (Å²) in [5, 5.41) is 3.87. The van der Waals surface area contributed by atoms with Gasteiger partial charge < -0.3 is 5.32 Å². The second kappa shape index (κ2) is 6.28. The van der Waals surface area contributed by atoms with Crippen molar-refractivity contribution in [2.24, 2.45) is 0 Å². The van der Waals surface area contributed by atoms with Crippen molar-refractivity contribution in [1.29, 1.82) is 0 Å². The molecule has 1 spiro atoms. The second-order valence-corrected chi connectivity index (χ2v) is 6.78. The Hall–Kier alpha value is -0.860. The highest BCUT2D eigenvalue weighted by Crippen LogP contribution is 2.31. The predicted octanol–water partition coefficient (Wildman–Crippen LogP) is 3.23. The smallest absolute Gasteiger partial charge is 0.0309 e.